The summed E-state index contributed by atoms with van der Waals surface area (Å²) in [7, 11) is 1.94. The van der Waals surface area contributed by atoms with Crippen molar-refractivity contribution in [3.05, 3.63) is 33.8 Å². The normalized spacial score (nSPS) is 13.1. The SMILES string of the molecule is CN(Cc1ccc(Cl)c(Cl)c1)CC(N)CO. The lowest BCUT2D eigenvalue weighted by atomic mass is 10.2. The van der Waals surface area contributed by atoms with Gasteiger partial charge in [0.25, 0.3) is 0 Å². The molecule has 3 N–H and O–H groups in total. The highest BCUT2D eigenvalue weighted by Gasteiger charge is 2.07. The van der Waals surface area contributed by atoms with Crippen molar-refractivity contribution in [2.24, 2.45) is 5.73 Å². The first-order valence-electron chi connectivity index (χ1n) is 5.02. The van der Waals surface area contributed by atoms with Gasteiger partial charge in [-0.3, -0.25) is 0 Å². The van der Waals surface area contributed by atoms with E-state index in [-0.39, 0.29) is 12.6 Å². The first-order chi connectivity index (χ1) is 7.52. The van der Waals surface area contributed by atoms with E-state index >= 15 is 0 Å². The molecule has 1 aromatic rings. The zero-order chi connectivity index (χ0) is 12.1. The largest absolute Gasteiger partial charge is 0.395 e. The maximum Gasteiger partial charge on any atom is 0.0595 e. The molecule has 3 nitrogen and oxygen atoms in total. The lowest BCUT2D eigenvalue weighted by molar-refractivity contribution is 0.218. The summed E-state index contributed by atoms with van der Waals surface area (Å²) in [5.41, 5.74) is 6.71. The van der Waals surface area contributed by atoms with Gasteiger partial charge in [0, 0.05) is 19.1 Å². The number of likely N-dealkylation sites (N-methyl/N-ethyl adjacent to an activating group) is 1. The number of aliphatic hydroxyl groups excluding tert-OH is 1. The van der Waals surface area contributed by atoms with Crippen molar-refractivity contribution in [1.29, 1.82) is 0 Å². The third-order valence-corrected chi connectivity index (χ3v) is 2.96. The van der Waals surface area contributed by atoms with Crippen LogP contribution >= 0.6 is 23.2 Å². The predicted molar refractivity (Wildman–Crippen MR) is 67.9 cm³/mol. The Kier molecular flexibility index (Phi) is 5.52. The van der Waals surface area contributed by atoms with Crippen molar-refractivity contribution in [2.45, 2.75) is 12.6 Å². The van der Waals surface area contributed by atoms with Crippen LogP contribution in [0.25, 0.3) is 0 Å². The number of benzene rings is 1. The van der Waals surface area contributed by atoms with E-state index in [1.807, 2.05) is 24.1 Å². The van der Waals surface area contributed by atoms with Gasteiger partial charge in [0.05, 0.1) is 16.7 Å². The van der Waals surface area contributed by atoms with Gasteiger partial charge in [0.15, 0.2) is 0 Å². The maximum atomic E-state index is 8.84. The molecule has 0 spiro atoms. The lowest BCUT2D eigenvalue weighted by Crippen LogP contribution is -2.37. The Balaban J connectivity index is 2.56. The lowest BCUT2D eigenvalue weighted by Gasteiger charge is -2.20. The van der Waals surface area contributed by atoms with Crippen LogP contribution in [0.2, 0.25) is 10.0 Å². The monoisotopic (exact) mass is 262 g/mol. The van der Waals surface area contributed by atoms with Crippen LogP contribution in [-0.2, 0) is 6.54 Å². The number of hydrogen-bond acceptors (Lipinski definition) is 3. The van der Waals surface area contributed by atoms with Crippen LogP contribution in [0.1, 0.15) is 5.56 Å². The molecule has 0 aromatic heterocycles. The summed E-state index contributed by atoms with van der Waals surface area (Å²) in [4.78, 5) is 2.03. The maximum absolute atomic E-state index is 8.84. The summed E-state index contributed by atoms with van der Waals surface area (Å²) < 4.78 is 0. The summed E-state index contributed by atoms with van der Waals surface area (Å²) in [6, 6.07) is 5.33. The van der Waals surface area contributed by atoms with Gasteiger partial charge in [-0.25, -0.2) is 0 Å². The summed E-state index contributed by atoms with van der Waals surface area (Å²) in [5.74, 6) is 0. The zero-order valence-corrected chi connectivity index (χ0v) is 10.7. The number of rotatable bonds is 5. The van der Waals surface area contributed by atoms with Crippen LogP contribution in [0, 0.1) is 0 Å². The molecule has 0 heterocycles. The number of nitrogens with two attached hydrogens (primary N) is 1. The minimum Gasteiger partial charge on any atom is -0.395 e. The molecule has 1 atom stereocenters. The van der Waals surface area contributed by atoms with Gasteiger partial charge in [-0.2, -0.15) is 0 Å². The van der Waals surface area contributed by atoms with Crippen LogP contribution in [0.4, 0.5) is 0 Å². The standard InChI is InChI=1S/C11H16Cl2N2O/c1-15(6-9(14)7-16)5-8-2-3-10(12)11(13)4-8/h2-4,9,16H,5-7,14H2,1H3. The minimum atomic E-state index is -0.215. The molecule has 1 unspecified atom stereocenters. The van der Waals surface area contributed by atoms with Crippen LogP contribution in [0.15, 0.2) is 18.2 Å². The molecule has 0 saturated carbocycles. The average Bonchev–Trinajstić information content (AvgIpc) is 2.23. The third-order valence-electron chi connectivity index (χ3n) is 2.22. The molecule has 0 amide bonds. The molecule has 5 heteroatoms. The summed E-state index contributed by atoms with van der Waals surface area (Å²) in [6.45, 7) is 1.35. The summed E-state index contributed by atoms with van der Waals surface area (Å²) >= 11 is 11.7. The smallest absolute Gasteiger partial charge is 0.0595 e. The number of nitrogens with zero attached hydrogens (tertiary/aromatic N) is 1. The minimum absolute atomic E-state index is 0.00822. The van der Waals surface area contributed by atoms with E-state index in [2.05, 4.69) is 0 Å². The second-order valence-corrected chi connectivity index (χ2v) is 4.70. The highest BCUT2D eigenvalue weighted by atomic mass is 35.5. The van der Waals surface area contributed by atoms with Crippen LogP contribution < -0.4 is 5.73 Å². The Morgan fingerprint density at radius 2 is 2.06 bits per heavy atom. The van der Waals surface area contributed by atoms with Crippen LogP contribution in [-0.4, -0.2) is 36.2 Å². The number of hydrogen-bond donors (Lipinski definition) is 2. The van der Waals surface area contributed by atoms with Crippen molar-refractivity contribution in [1.82, 2.24) is 4.90 Å². The predicted octanol–water partition coefficient (Wildman–Crippen LogP) is 1.74. The number of halogens is 2. The quantitative estimate of drug-likeness (QED) is 0.850. The molecule has 0 aliphatic carbocycles. The molecular weight excluding hydrogens is 247 g/mol. The van der Waals surface area contributed by atoms with Crippen molar-refractivity contribution in [3.63, 3.8) is 0 Å². The molecule has 0 saturated heterocycles. The Hall–Kier alpha value is -0.320. The fourth-order valence-corrected chi connectivity index (χ4v) is 1.79. The highest BCUT2D eigenvalue weighted by molar-refractivity contribution is 6.42. The van der Waals surface area contributed by atoms with Gasteiger partial charge in [0.1, 0.15) is 0 Å². The van der Waals surface area contributed by atoms with E-state index in [4.69, 9.17) is 34.0 Å². The summed E-state index contributed by atoms with van der Waals surface area (Å²) in [6.07, 6.45) is 0. The van der Waals surface area contributed by atoms with Gasteiger partial charge in [-0.05, 0) is 24.7 Å². The highest BCUT2D eigenvalue weighted by Crippen LogP contribution is 2.23. The average molecular weight is 263 g/mol. The zero-order valence-electron chi connectivity index (χ0n) is 9.16. The van der Waals surface area contributed by atoms with Gasteiger partial charge >= 0.3 is 0 Å². The Bertz CT molecular complexity index is 347. The van der Waals surface area contributed by atoms with E-state index < -0.39 is 0 Å². The van der Waals surface area contributed by atoms with Gasteiger partial charge in [-0.1, -0.05) is 29.3 Å². The molecule has 0 aliphatic rings. The molecule has 1 aromatic carbocycles. The van der Waals surface area contributed by atoms with Crippen LogP contribution in [0.3, 0.4) is 0 Å². The van der Waals surface area contributed by atoms with E-state index in [1.54, 1.807) is 6.07 Å². The number of aliphatic hydroxyl groups is 1. The van der Waals surface area contributed by atoms with Crippen LogP contribution in [0.5, 0.6) is 0 Å². The Morgan fingerprint density at radius 3 is 2.62 bits per heavy atom. The van der Waals surface area contributed by atoms with Crippen molar-refractivity contribution < 1.29 is 5.11 Å². The van der Waals surface area contributed by atoms with E-state index in [0.29, 0.717) is 16.6 Å². The van der Waals surface area contributed by atoms with Gasteiger partial charge < -0.3 is 15.7 Å². The molecule has 1 rings (SSSR count). The Labute approximate surface area is 106 Å². The molecule has 0 aliphatic heterocycles. The van der Waals surface area contributed by atoms with Gasteiger partial charge in [0.2, 0.25) is 0 Å². The Morgan fingerprint density at radius 1 is 1.38 bits per heavy atom. The van der Waals surface area contributed by atoms with Crippen molar-refractivity contribution >= 4 is 23.2 Å². The van der Waals surface area contributed by atoms with E-state index in [9.17, 15) is 0 Å². The molecule has 16 heavy (non-hydrogen) atoms. The van der Waals surface area contributed by atoms with Crippen molar-refractivity contribution in [2.75, 3.05) is 20.2 Å². The van der Waals surface area contributed by atoms with E-state index in [0.717, 1.165) is 12.1 Å². The second-order valence-electron chi connectivity index (χ2n) is 3.89. The molecule has 90 valence electrons. The molecule has 0 fully saturated rings. The first-order valence-corrected chi connectivity index (χ1v) is 5.77. The first kappa shape index (κ1) is 13.7. The summed E-state index contributed by atoms with van der Waals surface area (Å²) in [5, 5.41) is 9.95. The fraction of sp³-hybridized carbons (Fsp3) is 0.455. The third kappa shape index (κ3) is 4.28. The molecule has 0 bridgehead atoms. The fourth-order valence-electron chi connectivity index (χ4n) is 1.47. The van der Waals surface area contributed by atoms with Crippen molar-refractivity contribution in [3.8, 4) is 0 Å². The molecule has 0 radical (unpaired) electrons. The van der Waals surface area contributed by atoms with Gasteiger partial charge in [-0.15, -0.1) is 0 Å². The second kappa shape index (κ2) is 6.42. The molecular formula is C11H16Cl2N2O. The topological polar surface area (TPSA) is 49.5 Å². The van der Waals surface area contributed by atoms with E-state index in [1.165, 1.54) is 0 Å².